The summed E-state index contributed by atoms with van der Waals surface area (Å²) in [5.41, 5.74) is 0. The molecule has 0 fully saturated rings. The van der Waals surface area contributed by atoms with E-state index in [0.29, 0.717) is 12.5 Å². The van der Waals surface area contributed by atoms with Crippen LogP contribution in [-0.4, -0.2) is 24.5 Å². The maximum absolute atomic E-state index is 8.14. The van der Waals surface area contributed by atoms with Gasteiger partial charge in [0.15, 0.2) is 0 Å². The Balaban J connectivity index is 2.99. The van der Waals surface area contributed by atoms with Gasteiger partial charge in [0.1, 0.15) is 5.38 Å². The predicted molar refractivity (Wildman–Crippen MR) is 36.8 cm³/mol. The first-order chi connectivity index (χ1) is 4.31. The van der Waals surface area contributed by atoms with E-state index in [1.807, 2.05) is 6.07 Å². The van der Waals surface area contributed by atoms with Gasteiger partial charge in [-0.05, 0) is 0 Å². The highest BCUT2D eigenvalue weighted by Crippen LogP contribution is 1.93. The number of halogens is 2. The summed E-state index contributed by atoms with van der Waals surface area (Å²) in [6.07, 6.45) is 0. The average Bonchev–Trinajstić information content (AvgIpc) is 1.89. The van der Waals surface area contributed by atoms with Gasteiger partial charge in [-0.1, -0.05) is 0 Å². The number of alkyl halides is 2. The molecule has 0 aliphatic rings. The van der Waals surface area contributed by atoms with Crippen molar-refractivity contribution < 1.29 is 4.74 Å². The molecule has 1 unspecified atom stereocenters. The maximum Gasteiger partial charge on any atom is 0.143 e. The number of nitriles is 1. The van der Waals surface area contributed by atoms with Gasteiger partial charge < -0.3 is 4.74 Å². The molecule has 0 heterocycles. The van der Waals surface area contributed by atoms with Crippen molar-refractivity contribution in [2.75, 3.05) is 19.1 Å². The third kappa shape index (κ3) is 5.91. The van der Waals surface area contributed by atoms with Gasteiger partial charge >= 0.3 is 0 Å². The van der Waals surface area contributed by atoms with Crippen LogP contribution in [0.4, 0.5) is 0 Å². The zero-order chi connectivity index (χ0) is 7.11. The number of ether oxygens (including phenoxy) is 1. The largest absolute Gasteiger partial charge is 0.378 e. The maximum atomic E-state index is 8.14. The molecule has 0 saturated heterocycles. The molecule has 0 rings (SSSR count). The van der Waals surface area contributed by atoms with E-state index in [0.717, 1.165) is 0 Å². The van der Waals surface area contributed by atoms with Crippen molar-refractivity contribution in [2.24, 2.45) is 0 Å². The fourth-order valence-corrected chi connectivity index (χ4v) is 0.477. The molecule has 2 nitrogen and oxygen atoms in total. The molecule has 0 amide bonds. The lowest BCUT2D eigenvalue weighted by atomic mass is 10.5. The van der Waals surface area contributed by atoms with Gasteiger partial charge in [-0.25, -0.2) is 0 Å². The average molecular weight is 168 g/mol. The van der Waals surface area contributed by atoms with Gasteiger partial charge in [0.25, 0.3) is 0 Å². The van der Waals surface area contributed by atoms with E-state index in [-0.39, 0.29) is 6.61 Å². The summed E-state index contributed by atoms with van der Waals surface area (Å²) in [5, 5.41) is 7.59. The summed E-state index contributed by atoms with van der Waals surface area (Å²) in [5.74, 6) is 0.440. The molecular formula is C5H7Cl2NO. The summed E-state index contributed by atoms with van der Waals surface area (Å²) < 4.78 is 4.85. The van der Waals surface area contributed by atoms with Crippen LogP contribution < -0.4 is 0 Å². The minimum atomic E-state index is -0.548. The highest BCUT2D eigenvalue weighted by Gasteiger charge is 1.99. The molecule has 52 valence electrons. The monoisotopic (exact) mass is 167 g/mol. The molecular weight excluding hydrogens is 161 g/mol. The third-order valence-corrected chi connectivity index (χ3v) is 1.00. The van der Waals surface area contributed by atoms with Crippen LogP contribution in [0.25, 0.3) is 0 Å². The second-order valence-corrected chi connectivity index (χ2v) is 2.27. The number of hydrogen-bond donors (Lipinski definition) is 0. The Labute approximate surface area is 64.3 Å². The quantitative estimate of drug-likeness (QED) is 0.469. The summed E-state index contributed by atoms with van der Waals surface area (Å²) >= 11 is 10.6. The van der Waals surface area contributed by atoms with Crippen LogP contribution in [0.3, 0.4) is 0 Å². The lowest BCUT2D eigenvalue weighted by Crippen LogP contribution is -2.07. The van der Waals surface area contributed by atoms with Crippen LogP contribution in [0.5, 0.6) is 0 Å². The molecule has 4 heteroatoms. The first kappa shape index (κ1) is 9.03. The fraction of sp³-hybridized carbons (Fsp3) is 0.800. The Kier molecular flexibility index (Phi) is 6.18. The van der Waals surface area contributed by atoms with Gasteiger partial charge in [0, 0.05) is 5.88 Å². The van der Waals surface area contributed by atoms with Crippen molar-refractivity contribution in [3.63, 3.8) is 0 Å². The molecule has 0 spiro atoms. The van der Waals surface area contributed by atoms with Gasteiger partial charge in [-0.3, -0.25) is 0 Å². The lowest BCUT2D eigenvalue weighted by molar-refractivity contribution is 0.157. The minimum Gasteiger partial charge on any atom is -0.378 e. The first-order valence-corrected chi connectivity index (χ1v) is 3.45. The summed E-state index contributed by atoms with van der Waals surface area (Å²) in [4.78, 5) is 0. The highest BCUT2D eigenvalue weighted by molar-refractivity contribution is 6.22. The van der Waals surface area contributed by atoms with E-state index < -0.39 is 5.38 Å². The van der Waals surface area contributed by atoms with Gasteiger partial charge in [-0.2, -0.15) is 5.26 Å². The fourth-order valence-electron chi connectivity index (χ4n) is 0.279. The van der Waals surface area contributed by atoms with E-state index in [2.05, 4.69) is 0 Å². The van der Waals surface area contributed by atoms with Crippen LogP contribution in [0, 0.1) is 11.3 Å². The van der Waals surface area contributed by atoms with Crippen molar-refractivity contribution >= 4 is 23.2 Å². The minimum absolute atomic E-state index is 0.255. The molecule has 1 atom stereocenters. The Morgan fingerprint density at radius 3 is 2.78 bits per heavy atom. The third-order valence-electron chi connectivity index (χ3n) is 0.626. The van der Waals surface area contributed by atoms with E-state index in [1.165, 1.54) is 0 Å². The van der Waals surface area contributed by atoms with E-state index >= 15 is 0 Å². The molecule has 0 bridgehead atoms. The van der Waals surface area contributed by atoms with E-state index in [4.69, 9.17) is 33.2 Å². The molecule has 9 heavy (non-hydrogen) atoms. The topological polar surface area (TPSA) is 33.0 Å². The number of rotatable bonds is 4. The van der Waals surface area contributed by atoms with Crippen molar-refractivity contribution in [1.29, 1.82) is 5.26 Å². The van der Waals surface area contributed by atoms with Crippen LogP contribution in [0.2, 0.25) is 0 Å². The standard InChI is InChI=1S/C5H7Cl2NO/c6-1-2-9-4-5(7)3-8/h5H,1-2,4H2. The van der Waals surface area contributed by atoms with Crippen molar-refractivity contribution in [2.45, 2.75) is 5.38 Å². The van der Waals surface area contributed by atoms with E-state index in [9.17, 15) is 0 Å². The Hall–Kier alpha value is 0.0300. The summed E-state index contributed by atoms with van der Waals surface area (Å²) in [7, 11) is 0. The molecule has 0 saturated carbocycles. The number of hydrogen-bond acceptors (Lipinski definition) is 2. The van der Waals surface area contributed by atoms with Crippen molar-refractivity contribution in [1.82, 2.24) is 0 Å². The first-order valence-electron chi connectivity index (χ1n) is 2.48. The molecule has 0 radical (unpaired) electrons. The van der Waals surface area contributed by atoms with Crippen LogP contribution in [0.15, 0.2) is 0 Å². The second-order valence-electron chi connectivity index (χ2n) is 1.36. The molecule has 0 aromatic rings. The molecule has 0 aromatic carbocycles. The molecule has 0 N–H and O–H groups in total. The Bertz CT molecular complexity index is 102. The summed E-state index contributed by atoms with van der Waals surface area (Å²) in [6, 6.07) is 1.82. The second kappa shape index (κ2) is 6.15. The molecule has 0 aromatic heterocycles. The number of nitrogens with zero attached hydrogens (tertiary/aromatic N) is 1. The molecule has 0 aliphatic heterocycles. The van der Waals surface area contributed by atoms with Crippen molar-refractivity contribution in [3.8, 4) is 6.07 Å². The predicted octanol–water partition coefficient (Wildman–Crippen LogP) is 1.37. The molecule has 0 aliphatic carbocycles. The smallest absolute Gasteiger partial charge is 0.143 e. The zero-order valence-corrected chi connectivity index (χ0v) is 6.32. The van der Waals surface area contributed by atoms with Crippen LogP contribution >= 0.6 is 23.2 Å². The van der Waals surface area contributed by atoms with Gasteiger partial charge in [0.05, 0.1) is 19.3 Å². The Morgan fingerprint density at radius 2 is 2.33 bits per heavy atom. The van der Waals surface area contributed by atoms with E-state index in [1.54, 1.807) is 0 Å². The normalized spacial score (nSPS) is 12.6. The van der Waals surface area contributed by atoms with Crippen LogP contribution in [0.1, 0.15) is 0 Å². The highest BCUT2D eigenvalue weighted by atomic mass is 35.5. The van der Waals surface area contributed by atoms with Gasteiger partial charge in [-0.15, -0.1) is 23.2 Å². The SMILES string of the molecule is N#CC(Cl)COCCCl. The zero-order valence-electron chi connectivity index (χ0n) is 4.81. The van der Waals surface area contributed by atoms with Crippen LogP contribution in [-0.2, 0) is 4.74 Å². The van der Waals surface area contributed by atoms with Gasteiger partial charge in [0.2, 0.25) is 0 Å². The Morgan fingerprint density at radius 1 is 1.67 bits per heavy atom. The summed E-state index contributed by atoms with van der Waals surface area (Å²) in [6.45, 7) is 0.706. The van der Waals surface area contributed by atoms with Crippen molar-refractivity contribution in [3.05, 3.63) is 0 Å². The lowest BCUT2D eigenvalue weighted by Gasteiger charge is -1.99.